The third kappa shape index (κ3) is 5.10. The highest BCUT2D eigenvalue weighted by Crippen LogP contribution is 2.20. The lowest BCUT2D eigenvalue weighted by Gasteiger charge is -2.18. The Morgan fingerprint density at radius 3 is 2.24 bits per heavy atom. The molecule has 1 aliphatic rings. The second kappa shape index (κ2) is 8.54. The van der Waals surface area contributed by atoms with E-state index in [9.17, 15) is 0 Å². The fraction of sp³-hybridized carbons (Fsp3) is 0.933. The maximum absolute atomic E-state index is 4.90. The Hall–Kier alpha value is -0.530. The van der Waals surface area contributed by atoms with Gasteiger partial charge >= 0.3 is 0 Å². The summed E-state index contributed by atoms with van der Waals surface area (Å²) in [6.45, 7) is 6.79. The quantitative estimate of drug-likeness (QED) is 0.636. The van der Waals surface area contributed by atoms with Gasteiger partial charge in [0.15, 0.2) is 0 Å². The highest BCUT2D eigenvalue weighted by Gasteiger charge is 2.26. The van der Waals surface area contributed by atoms with E-state index in [4.69, 9.17) is 4.99 Å². The zero-order valence-electron chi connectivity index (χ0n) is 12.0. The van der Waals surface area contributed by atoms with E-state index in [1.165, 1.54) is 57.2 Å². The summed E-state index contributed by atoms with van der Waals surface area (Å²) >= 11 is 0. The highest BCUT2D eigenvalue weighted by molar-refractivity contribution is 5.84. The Labute approximate surface area is 107 Å². The number of unbranched alkanes of at least 4 members (excludes halogenated alkanes) is 3. The number of hydrogen-bond acceptors (Lipinski definition) is 2. The number of rotatable bonds is 9. The summed E-state index contributed by atoms with van der Waals surface area (Å²) in [4.78, 5) is 4.90. The first-order chi connectivity index (χ1) is 8.31. The summed E-state index contributed by atoms with van der Waals surface area (Å²) < 4.78 is 0. The SMILES string of the molecule is CCCCC1=NC(CCCC)C(CCCC)N1. The van der Waals surface area contributed by atoms with Gasteiger partial charge in [-0.3, -0.25) is 4.99 Å². The molecule has 1 rings (SSSR count). The van der Waals surface area contributed by atoms with Gasteiger partial charge in [0.2, 0.25) is 0 Å². The van der Waals surface area contributed by atoms with Gasteiger partial charge in [-0.15, -0.1) is 0 Å². The molecule has 0 aliphatic carbocycles. The van der Waals surface area contributed by atoms with Crippen molar-refractivity contribution in [1.29, 1.82) is 0 Å². The predicted molar refractivity (Wildman–Crippen MR) is 76.7 cm³/mol. The number of hydrogen-bond donors (Lipinski definition) is 1. The van der Waals surface area contributed by atoms with Crippen LogP contribution in [-0.2, 0) is 0 Å². The van der Waals surface area contributed by atoms with Crippen LogP contribution < -0.4 is 5.32 Å². The number of nitrogens with zero attached hydrogens (tertiary/aromatic N) is 1. The molecule has 0 aromatic carbocycles. The summed E-state index contributed by atoms with van der Waals surface area (Å²) in [6.07, 6.45) is 11.5. The lowest BCUT2D eigenvalue weighted by molar-refractivity contribution is 0.444. The van der Waals surface area contributed by atoms with Gasteiger partial charge in [0, 0.05) is 12.5 Å². The van der Waals surface area contributed by atoms with Gasteiger partial charge in [-0.2, -0.15) is 0 Å². The smallest absolute Gasteiger partial charge is 0.0970 e. The number of amidine groups is 1. The van der Waals surface area contributed by atoms with Crippen molar-refractivity contribution in [3.05, 3.63) is 0 Å². The second-order valence-electron chi connectivity index (χ2n) is 5.28. The fourth-order valence-electron chi connectivity index (χ4n) is 2.49. The van der Waals surface area contributed by atoms with Gasteiger partial charge in [-0.1, -0.05) is 52.9 Å². The molecule has 0 radical (unpaired) electrons. The predicted octanol–water partition coefficient (Wildman–Crippen LogP) is 4.30. The molecule has 2 heteroatoms. The van der Waals surface area contributed by atoms with Crippen LogP contribution in [-0.4, -0.2) is 17.9 Å². The molecule has 1 heterocycles. The molecule has 2 atom stereocenters. The van der Waals surface area contributed by atoms with Crippen LogP contribution in [0, 0.1) is 0 Å². The van der Waals surface area contributed by atoms with Gasteiger partial charge < -0.3 is 5.32 Å². The van der Waals surface area contributed by atoms with E-state index in [1.54, 1.807) is 0 Å². The Balaban J connectivity index is 2.42. The minimum Gasteiger partial charge on any atom is -0.369 e. The Morgan fingerprint density at radius 1 is 0.941 bits per heavy atom. The largest absolute Gasteiger partial charge is 0.369 e. The topological polar surface area (TPSA) is 24.4 Å². The van der Waals surface area contributed by atoms with Crippen molar-refractivity contribution in [2.24, 2.45) is 4.99 Å². The summed E-state index contributed by atoms with van der Waals surface area (Å²) in [5, 5.41) is 3.67. The van der Waals surface area contributed by atoms with Crippen molar-refractivity contribution in [1.82, 2.24) is 5.32 Å². The lowest BCUT2D eigenvalue weighted by atomic mass is 9.99. The summed E-state index contributed by atoms with van der Waals surface area (Å²) in [5.41, 5.74) is 0. The van der Waals surface area contributed by atoms with Crippen molar-refractivity contribution >= 4 is 5.84 Å². The maximum atomic E-state index is 4.90. The first kappa shape index (κ1) is 14.5. The van der Waals surface area contributed by atoms with Crippen LogP contribution in [0.1, 0.15) is 78.6 Å². The zero-order valence-corrected chi connectivity index (χ0v) is 12.0. The van der Waals surface area contributed by atoms with Crippen LogP contribution in [0.2, 0.25) is 0 Å². The molecule has 0 aromatic rings. The molecule has 1 aliphatic heterocycles. The lowest BCUT2D eigenvalue weighted by Crippen LogP contribution is -2.34. The molecule has 2 unspecified atom stereocenters. The van der Waals surface area contributed by atoms with E-state index in [1.807, 2.05) is 0 Å². The van der Waals surface area contributed by atoms with Gasteiger partial charge in [0.25, 0.3) is 0 Å². The number of nitrogens with one attached hydrogen (secondary N) is 1. The van der Waals surface area contributed by atoms with E-state index in [-0.39, 0.29) is 0 Å². The third-order valence-corrected chi connectivity index (χ3v) is 3.63. The normalized spacial score (nSPS) is 23.6. The first-order valence-corrected chi connectivity index (χ1v) is 7.65. The van der Waals surface area contributed by atoms with Crippen LogP contribution in [0.5, 0.6) is 0 Å². The van der Waals surface area contributed by atoms with E-state index in [0.29, 0.717) is 12.1 Å². The van der Waals surface area contributed by atoms with Crippen molar-refractivity contribution < 1.29 is 0 Å². The molecule has 0 fully saturated rings. The highest BCUT2D eigenvalue weighted by atomic mass is 15.1. The number of aliphatic imine (C=N–C) groups is 1. The van der Waals surface area contributed by atoms with Crippen LogP contribution in [0.4, 0.5) is 0 Å². The average Bonchev–Trinajstić information content (AvgIpc) is 2.73. The van der Waals surface area contributed by atoms with Crippen LogP contribution in [0.25, 0.3) is 0 Å². The molecule has 0 amide bonds. The standard InChI is InChI=1S/C15H30N2/c1-4-7-10-13-14(11-8-5-2)17-15(16-13)12-9-6-3/h13-14H,4-12H2,1-3H3,(H,16,17). The minimum absolute atomic E-state index is 0.563. The molecule has 1 N–H and O–H groups in total. The van der Waals surface area contributed by atoms with Gasteiger partial charge in [-0.05, 0) is 19.3 Å². The van der Waals surface area contributed by atoms with Gasteiger partial charge in [0.1, 0.15) is 0 Å². The Bertz CT molecular complexity index is 223. The van der Waals surface area contributed by atoms with E-state index in [0.717, 1.165) is 6.42 Å². The summed E-state index contributed by atoms with van der Waals surface area (Å²) in [6, 6.07) is 1.20. The minimum atomic E-state index is 0.563. The van der Waals surface area contributed by atoms with Crippen molar-refractivity contribution in [2.45, 2.75) is 90.6 Å². The maximum Gasteiger partial charge on any atom is 0.0970 e. The summed E-state index contributed by atoms with van der Waals surface area (Å²) in [5.74, 6) is 1.29. The molecule has 100 valence electrons. The van der Waals surface area contributed by atoms with Crippen LogP contribution >= 0.6 is 0 Å². The van der Waals surface area contributed by atoms with Crippen molar-refractivity contribution in [3.63, 3.8) is 0 Å². The molecule has 0 saturated carbocycles. The van der Waals surface area contributed by atoms with E-state index in [2.05, 4.69) is 26.1 Å². The van der Waals surface area contributed by atoms with Gasteiger partial charge in [-0.25, -0.2) is 0 Å². The van der Waals surface area contributed by atoms with Crippen LogP contribution in [0.3, 0.4) is 0 Å². The van der Waals surface area contributed by atoms with Crippen molar-refractivity contribution in [3.8, 4) is 0 Å². The summed E-state index contributed by atoms with van der Waals surface area (Å²) in [7, 11) is 0. The monoisotopic (exact) mass is 238 g/mol. The Kier molecular flexibility index (Phi) is 7.30. The molecule has 2 nitrogen and oxygen atoms in total. The average molecular weight is 238 g/mol. The van der Waals surface area contributed by atoms with Gasteiger partial charge in [0.05, 0.1) is 11.9 Å². The third-order valence-electron chi connectivity index (χ3n) is 3.63. The van der Waals surface area contributed by atoms with E-state index >= 15 is 0 Å². The second-order valence-corrected chi connectivity index (χ2v) is 5.28. The molecule has 0 saturated heterocycles. The first-order valence-electron chi connectivity index (χ1n) is 7.65. The Morgan fingerprint density at radius 2 is 1.59 bits per heavy atom. The molecule has 0 aromatic heterocycles. The zero-order chi connectivity index (χ0) is 12.5. The van der Waals surface area contributed by atoms with Crippen molar-refractivity contribution in [2.75, 3.05) is 0 Å². The molecule has 0 spiro atoms. The van der Waals surface area contributed by atoms with E-state index < -0.39 is 0 Å². The van der Waals surface area contributed by atoms with Crippen LogP contribution in [0.15, 0.2) is 4.99 Å². The fourth-order valence-corrected chi connectivity index (χ4v) is 2.49. The molecule has 17 heavy (non-hydrogen) atoms. The molecular weight excluding hydrogens is 208 g/mol. The molecule has 0 bridgehead atoms. The molecular formula is C15H30N2.